The Balaban J connectivity index is 3.39. The van der Waals surface area contributed by atoms with Crippen LogP contribution in [-0.4, -0.2) is 20.9 Å². The normalized spacial score (nSPS) is 14.2. The Morgan fingerprint density at radius 2 is 2.00 bits per heavy atom. The Bertz CT molecular complexity index is 226. The van der Waals surface area contributed by atoms with Gasteiger partial charge < -0.3 is 5.73 Å². The zero-order valence-electron chi connectivity index (χ0n) is 9.03. The Hall–Kier alpha value is -0.130. The first-order valence-electron chi connectivity index (χ1n) is 5.09. The highest BCUT2D eigenvalue weighted by atomic mass is 32.2. The third-order valence-corrected chi connectivity index (χ3v) is 3.19. The molecular weight excluding hydrogens is 202 g/mol. The second-order valence-electron chi connectivity index (χ2n) is 3.56. The molecule has 0 rings (SSSR count). The molecule has 0 aliphatic rings. The molecule has 0 aliphatic carbocycles. The molecule has 1 unspecified atom stereocenters. The van der Waals surface area contributed by atoms with E-state index in [1.165, 1.54) is 6.42 Å². The maximum Gasteiger partial charge on any atom is 0.280 e. The summed E-state index contributed by atoms with van der Waals surface area (Å²) in [4.78, 5) is 0. The van der Waals surface area contributed by atoms with E-state index in [2.05, 4.69) is 18.0 Å². The third-order valence-electron chi connectivity index (χ3n) is 2.26. The lowest BCUT2D eigenvalue weighted by atomic mass is 10.0. The highest BCUT2D eigenvalue weighted by molar-refractivity contribution is 7.86. The van der Waals surface area contributed by atoms with Crippen LogP contribution in [0, 0.1) is 5.92 Å². The smallest absolute Gasteiger partial charge is 0.280 e. The molecule has 0 saturated heterocycles. The summed E-state index contributed by atoms with van der Waals surface area (Å²) in [6, 6.07) is 0. The Labute approximate surface area is 86.9 Å². The molecule has 4 nitrogen and oxygen atoms in total. The van der Waals surface area contributed by atoms with Gasteiger partial charge in [-0.05, 0) is 12.3 Å². The van der Waals surface area contributed by atoms with E-state index in [0.29, 0.717) is 5.92 Å². The van der Waals surface area contributed by atoms with Crippen LogP contribution in [0.1, 0.15) is 39.5 Å². The van der Waals surface area contributed by atoms with Crippen molar-refractivity contribution in [3.8, 4) is 0 Å². The van der Waals surface area contributed by atoms with Gasteiger partial charge in [0.05, 0.1) is 6.61 Å². The van der Waals surface area contributed by atoms with Crippen LogP contribution in [0.15, 0.2) is 0 Å². The van der Waals surface area contributed by atoms with E-state index in [1.54, 1.807) is 0 Å². The second kappa shape index (κ2) is 7.20. The van der Waals surface area contributed by atoms with Crippen molar-refractivity contribution in [1.29, 1.82) is 0 Å². The molecule has 0 saturated carbocycles. The fraction of sp³-hybridized carbons (Fsp3) is 1.00. The fourth-order valence-corrected chi connectivity index (χ4v) is 1.50. The Morgan fingerprint density at radius 3 is 2.50 bits per heavy atom. The standard InChI is InChI=1S/C9H21NO3S/c1-3-9(2)6-4-5-7-13-14(11,12)8-10/h9H,3-8,10H2,1-2H3. The Morgan fingerprint density at radius 1 is 1.36 bits per heavy atom. The molecule has 86 valence electrons. The lowest BCUT2D eigenvalue weighted by molar-refractivity contribution is 0.302. The fourth-order valence-electron chi connectivity index (χ4n) is 1.03. The van der Waals surface area contributed by atoms with E-state index in [1.807, 2.05) is 0 Å². The van der Waals surface area contributed by atoms with Gasteiger partial charge in [-0.2, -0.15) is 8.42 Å². The average molecular weight is 223 g/mol. The number of rotatable bonds is 8. The largest absolute Gasteiger partial charge is 0.316 e. The van der Waals surface area contributed by atoms with E-state index in [-0.39, 0.29) is 6.61 Å². The van der Waals surface area contributed by atoms with Crippen molar-refractivity contribution in [3.63, 3.8) is 0 Å². The van der Waals surface area contributed by atoms with Gasteiger partial charge in [0.25, 0.3) is 10.1 Å². The van der Waals surface area contributed by atoms with Crippen LogP contribution in [0.2, 0.25) is 0 Å². The van der Waals surface area contributed by atoms with Gasteiger partial charge in [-0.1, -0.05) is 33.1 Å². The molecule has 0 spiro atoms. The van der Waals surface area contributed by atoms with E-state index < -0.39 is 16.0 Å². The summed E-state index contributed by atoms with van der Waals surface area (Å²) in [5, 5.41) is 0. The number of nitrogens with two attached hydrogens (primary N) is 1. The van der Waals surface area contributed by atoms with Gasteiger partial charge in [0.15, 0.2) is 0 Å². The number of hydrogen-bond donors (Lipinski definition) is 1. The molecule has 2 N–H and O–H groups in total. The molecule has 0 aromatic heterocycles. The zero-order valence-corrected chi connectivity index (χ0v) is 9.85. The summed E-state index contributed by atoms with van der Waals surface area (Å²) in [6.45, 7) is 4.60. The second-order valence-corrected chi connectivity index (χ2v) is 5.24. The molecule has 14 heavy (non-hydrogen) atoms. The Kier molecular flexibility index (Phi) is 7.13. The van der Waals surface area contributed by atoms with Gasteiger partial charge in [-0.25, -0.2) is 0 Å². The SMILES string of the molecule is CCC(C)CCCCOS(=O)(=O)CN. The molecule has 0 aromatic carbocycles. The predicted molar refractivity (Wildman–Crippen MR) is 57.2 cm³/mol. The maximum atomic E-state index is 10.8. The van der Waals surface area contributed by atoms with E-state index in [9.17, 15) is 8.42 Å². The molecule has 1 atom stereocenters. The van der Waals surface area contributed by atoms with Crippen LogP contribution in [0.3, 0.4) is 0 Å². The first kappa shape index (κ1) is 13.9. The van der Waals surface area contributed by atoms with Gasteiger partial charge in [0.1, 0.15) is 5.88 Å². The first-order chi connectivity index (χ1) is 6.52. The molecule has 0 bridgehead atoms. The van der Waals surface area contributed by atoms with Gasteiger partial charge >= 0.3 is 0 Å². The van der Waals surface area contributed by atoms with Crippen molar-refractivity contribution < 1.29 is 12.6 Å². The predicted octanol–water partition coefficient (Wildman–Crippen LogP) is 1.47. The average Bonchev–Trinajstić information content (AvgIpc) is 2.17. The monoisotopic (exact) mass is 223 g/mol. The van der Waals surface area contributed by atoms with E-state index in [0.717, 1.165) is 19.3 Å². The van der Waals surface area contributed by atoms with Crippen LogP contribution in [0.25, 0.3) is 0 Å². The summed E-state index contributed by atoms with van der Waals surface area (Å²) in [5.41, 5.74) is 4.98. The van der Waals surface area contributed by atoms with Gasteiger partial charge in [-0.3, -0.25) is 4.18 Å². The quantitative estimate of drug-likeness (QED) is 0.499. The van der Waals surface area contributed by atoms with Crippen molar-refractivity contribution >= 4 is 10.1 Å². The summed E-state index contributed by atoms with van der Waals surface area (Å²) in [5.74, 6) is 0.277. The molecule has 0 heterocycles. The lowest BCUT2D eigenvalue weighted by Gasteiger charge is -2.07. The molecule has 0 fully saturated rings. The first-order valence-corrected chi connectivity index (χ1v) is 6.66. The van der Waals surface area contributed by atoms with Crippen LogP contribution in [0.4, 0.5) is 0 Å². The van der Waals surface area contributed by atoms with Crippen LogP contribution in [0.5, 0.6) is 0 Å². The topological polar surface area (TPSA) is 69.4 Å². The molecule has 0 radical (unpaired) electrons. The molecule has 0 aliphatic heterocycles. The van der Waals surface area contributed by atoms with Gasteiger partial charge in [0.2, 0.25) is 0 Å². The summed E-state index contributed by atoms with van der Waals surface area (Å²) >= 11 is 0. The minimum atomic E-state index is -3.45. The number of hydrogen-bond acceptors (Lipinski definition) is 4. The van der Waals surface area contributed by atoms with Crippen molar-refractivity contribution in [2.45, 2.75) is 39.5 Å². The van der Waals surface area contributed by atoms with Crippen LogP contribution < -0.4 is 5.73 Å². The minimum Gasteiger partial charge on any atom is -0.316 e. The number of unbranched alkanes of at least 4 members (excludes halogenated alkanes) is 1. The van der Waals surface area contributed by atoms with Gasteiger partial charge in [0, 0.05) is 0 Å². The van der Waals surface area contributed by atoms with Crippen molar-refractivity contribution in [2.24, 2.45) is 11.7 Å². The van der Waals surface area contributed by atoms with Crippen LogP contribution in [-0.2, 0) is 14.3 Å². The molecule has 0 amide bonds. The molecular formula is C9H21NO3S. The van der Waals surface area contributed by atoms with Crippen molar-refractivity contribution in [1.82, 2.24) is 0 Å². The van der Waals surface area contributed by atoms with Crippen molar-refractivity contribution in [2.75, 3.05) is 12.5 Å². The maximum absolute atomic E-state index is 10.8. The third kappa shape index (κ3) is 7.29. The van der Waals surface area contributed by atoms with Gasteiger partial charge in [-0.15, -0.1) is 0 Å². The summed E-state index contributed by atoms with van der Waals surface area (Å²) in [7, 11) is -3.45. The van der Waals surface area contributed by atoms with E-state index >= 15 is 0 Å². The van der Waals surface area contributed by atoms with Crippen molar-refractivity contribution in [3.05, 3.63) is 0 Å². The molecule has 5 heteroatoms. The minimum absolute atomic E-state index is 0.260. The summed E-state index contributed by atoms with van der Waals surface area (Å²) in [6.07, 6.45) is 4.09. The highest BCUT2D eigenvalue weighted by Crippen LogP contribution is 2.11. The zero-order chi connectivity index (χ0) is 11.0. The molecule has 0 aromatic rings. The highest BCUT2D eigenvalue weighted by Gasteiger charge is 2.06. The summed E-state index contributed by atoms with van der Waals surface area (Å²) < 4.78 is 26.3. The lowest BCUT2D eigenvalue weighted by Crippen LogP contribution is -2.17. The van der Waals surface area contributed by atoms with E-state index in [4.69, 9.17) is 5.73 Å². The van der Waals surface area contributed by atoms with Crippen LogP contribution >= 0.6 is 0 Å².